The first-order chi connectivity index (χ1) is 14.5. The highest BCUT2D eigenvalue weighted by molar-refractivity contribution is 5.78. The summed E-state index contributed by atoms with van der Waals surface area (Å²) in [5.41, 5.74) is 1.92. The maximum Gasteiger partial charge on any atom is 0.260 e. The zero-order chi connectivity index (χ0) is 21.1. The Morgan fingerprint density at radius 1 is 1.07 bits per heavy atom. The van der Waals surface area contributed by atoms with Crippen LogP contribution in [0, 0.1) is 19.7 Å². The third kappa shape index (κ3) is 4.40. The van der Waals surface area contributed by atoms with Crippen LogP contribution in [0.15, 0.2) is 42.7 Å². The lowest BCUT2D eigenvalue weighted by molar-refractivity contribution is -0.133. The van der Waals surface area contributed by atoms with Crippen LogP contribution in [0.2, 0.25) is 0 Å². The van der Waals surface area contributed by atoms with Crippen LogP contribution in [-0.4, -0.2) is 63.3 Å². The second-order valence-electron chi connectivity index (χ2n) is 7.18. The lowest BCUT2D eigenvalue weighted by Crippen LogP contribution is -2.50. The Labute approximate surface area is 173 Å². The molecule has 1 aliphatic rings. The molecule has 3 aromatic rings. The topological polar surface area (TPSA) is 76.4 Å². The van der Waals surface area contributed by atoms with Crippen LogP contribution in [0.3, 0.4) is 0 Å². The van der Waals surface area contributed by atoms with Crippen molar-refractivity contribution in [3.8, 4) is 11.6 Å². The zero-order valence-corrected chi connectivity index (χ0v) is 17.0. The van der Waals surface area contributed by atoms with Gasteiger partial charge in [-0.05, 0) is 44.2 Å². The zero-order valence-electron chi connectivity index (χ0n) is 17.0. The van der Waals surface area contributed by atoms with Crippen LogP contribution in [-0.2, 0) is 4.79 Å². The monoisotopic (exact) mass is 410 g/mol. The molecule has 0 radical (unpaired) electrons. The molecular formula is C21H23FN6O2. The second-order valence-corrected chi connectivity index (χ2v) is 7.18. The van der Waals surface area contributed by atoms with Crippen LogP contribution < -0.4 is 9.64 Å². The van der Waals surface area contributed by atoms with Crippen LogP contribution in [0.4, 0.5) is 10.2 Å². The summed E-state index contributed by atoms with van der Waals surface area (Å²) in [5.74, 6) is 1.47. The van der Waals surface area contributed by atoms with E-state index in [1.54, 1.807) is 22.0 Å². The Balaban J connectivity index is 1.34. The van der Waals surface area contributed by atoms with E-state index in [1.165, 1.54) is 24.3 Å². The number of carbonyl (C=O) groups excluding carboxylic acids is 1. The number of rotatable bonds is 5. The van der Waals surface area contributed by atoms with Crippen molar-refractivity contribution in [1.29, 1.82) is 0 Å². The molecule has 1 aliphatic heterocycles. The third-order valence-electron chi connectivity index (χ3n) is 4.97. The summed E-state index contributed by atoms with van der Waals surface area (Å²) in [6.07, 6.45) is 3.42. The van der Waals surface area contributed by atoms with E-state index in [0.29, 0.717) is 37.7 Å². The van der Waals surface area contributed by atoms with Crippen LogP contribution in [0.25, 0.3) is 5.82 Å². The van der Waals surface area contributed by atoms with Crippen molar-refractivity contribution in [3.05, 3.63) is 59.9 Å². The molecular weight excluding hydrogens is 387 g/mol. The Hall–Kier alpha value is -3.49. The number of benzene rings is 1. The van der Waals surface area contributed by atoms with Gasteiger partial charge in [-0.15, -0.1) is 0 Å². The molecule has 2 aromatic heterocycles. The van der Waals surface area contributed by atoms with Crippen molar-refractivity contribution < 1.29 is 13.9 Å². The summed E-state index contributed by atoms with van der Waals surface area (Å²) >= 11 is 0. The quantitative estimate of drug-likeness (QED) is 0.642. The lowest BCUT2D eigenvalue weighted by Gasteiger charge is -2.35. The summed E-state index contributed by atoms with van der Waals surface area (Å²) in [5, 5.41) is 4.46. The number of carbonyl (C=O) groups is 1. The van der Waals surface area contributed by atoms with E-state index in [9.17, 15) is 9.18 Å². The molecule has 30 heavy (non-hydrogen) atoms. The van der Waals surface area contributed by atoms with Gasteiger partial charge in [0.1, 0.15) is 17.4 Å². The fourth-order valence-electron chi connectivity index (χ4n) is 3.41. The predicted molar refractivity (Wildman–Crippen MR) is 109 cm³/mol. The van der Waals surface area contributed by atoms with Crippen molar-refractivity contribution in [1.82, 2.24) is 24.6 Å². The Bertz CT molecular complexity index is 1030. The van der Waals surface area contributed by atoms with E-state index in [2.05, 4.69) is 15.0 Å². The average Bonchev–Trinajstić information content (AvgIpc) is 3.11. The largest absolute Gasteiger partial charge is 0.484 e. The molecule has 1 aromatic carbocycles. The Morgan fingerprint density at radius 3 is 2.43 bits per heavy atom. The summed E-state index contributed by atoms with van der Waals surface area (Å²) in [6.45, 7) is 6.28. The van der Waals surface area contributed by atoms with Gasteiger partial charge in [0.15, 0.2) is 12.4 Å². The van der Waals surface area contributed by atoms with Crippen molar-refractivity contribution >= 4 is 11.7 Å². The Kier molecular flexibility index (Phi) is 5.60. The minimum absolute atomic E-state index is 0.0706. The van der Waals surface area contributed by atoms with Crippen molar-refractivity contribution in [2.45, 2.75) is 13.8 Å². The first kappa shape index (κ1) is 19.8. The van der Waals surface area contributed by atoms with Crippen LogP contribution in [0.1, 0.15) is 11.4 Å². The highest BCUT2D eigenvalue weighted by Gasteiger charge is 2.23. The van der Waals surface area contributed by atoms with Crippen molar-refractivity contribution in [2.24, 2.45) is 0 Å². The number of nitrogens with zero attached hydrogens (tertiary/aromatic N) is 6. The number of piperazine rings is 1. The SMILES string of the molecule is Cc1cc(C)n(-c2cncc(N3CCN(C(=O)COc4ccc(F)cc4)CC3)n2)n1. The van der Waals surface area contributed by atoms with Crippen molar-refractivity contribution in [3.63, 3.8) is 0 Å². The molecule has 0 atom stereocenters. The lowest BCUT2D eigenvalue weighted by atomic mass is 10.3. The molecule has 1 amide bonds. The molecule has 0 unspecified atom stereocenters. The maximum atomic E-state index is 12.9. The number of anilines is 1. The minimum atomic E-state index is -0.338. The van der Waals surface area contributed by atoms with Crippen molar-refractivity contribution in [2.75, 3.05) is 37.7 Å². The number of amides is 1. The summed E-state index contributed by atoms with van der Waals surface area (Å²) in [4.78, 5) is 25.3. The number of aryl methyl sites for hydroxylation is 2. The van der Waals surface area contributed by atoms with E-state index in [-0.39, 0.29) is 18.3 Å². The normalized spacial score (nSPS) is 14.1. The molecule has 0 N–H and O–H groups in total. The second kappa shape index (κ2) is 8.48. The molecule has 1 fully saturated rings. The van der Waals surface area contributed by atoms with Gasteiger partial charge in [-0.3, -0.25) is 9.78 Å². The minimum Gasteiger partial charge on any atom is -0.484 e. The van der Waals surface area contributed by atoms with E-state index in [0.717, 1.165) is 17.2 Å². The first-order valence-electron chi connectivity index (χ1n) is 9.76. The van der Waals surface area contributed by atoms with Gasteiger partial charge in [0.2, 0.25) is 0 Å². The van der Waals surface area contributed by atoms with Gasteiger partial charge < -0.3 is 14.5 Å². The summed E-state index contributed by atoms with van der Waals surface area (Å²) in [7, 11) is 0. The fourth-order valence-corrected chi connectivity index (χ4v) is 3.41. The van der Waals surface area contributed by atoms with Gasteiger partial charge >= 0.3 is 0 Å². The standard InChI is InChI=1S/C21H23FN6O2/c1-15-11-16(2)28(25-15)20-13-23-12-19(24-20)26-7-9-27(10-8-26)21(29)14-30-18-5-3-17(22)4-6-18/h3-6,11-13H,7-10,14H2,1-2H3. The van der Waals surface area contributed by atoms with Gasteiger partial charge in [0.05, 0.1) is 18.1 Å². The molecule has 8 nitrogen and oxygen atoms in total. The molecule has 0 bridgehead atoms. The smallest absolute Gasteiger partial charge is 0.260 e. The molecule has 3 heterocycles. The predicted octanol–water partition coefficient (Wildman–Crippen LogP) is 2.15. The fraction of sp³-hybridized carbons (Fsp3) is 0.333. The van der Waals surface area contributed by atoms with Gasteiger partial charge in [0, 0.05) is 31.9 Å². The third-order valence-corrected chi connectivity index (χ3v) is 4.97. The van der Waals surface area contributed by atoms with Gasteiger partial charge in [-0.25, -0.2) is 14.1 Å². The Morgan fingerprint density at radius 2 is 1.77 bits per heavy atom. The van der Waals surface area contributed by atoms with E-state index in [4.69, 9.17) is 9.72 Å². The van der Waals surface area contributed by atoms with Gasteiger partial charge in [-0.1, -0.05) is 0 Å². The first-order valence-corrected chi connectivity index (χ1v) is 9.76. The van der Waals surface area contributed by atoms with Crippen LogP contribution >= 0.6 is 0 Å². The summed E-state index contributed by atoms with van der Waals surface area (Å²) < 4.78 is 20.2. The molecule has 156 valence electrons. The van der Waals surface area contributed by atoms with Crippen LogP contribution in [0.5, 0.6) is 5.75 Å². The molecule has 0 saturated carbocycles. The van der Waals surface area contributed by atoms with E-state index in [1.807, 2.05) is 19.9 Å². The highest BCUT2D eigenvalue weighted by atomic mass is 19.1. The maximum absolute atomic E-state index is 12.9. The average molecular weight is 410 g/mol. The molecule has 4 rings (SSSR count). The van der Waals surface area contributed by atoms with E-state index >= 15 is 0 Å². The number of halogens is 1. The number of ether oxygens (including phenoxy) is 1. The number of hydrogen-bond donors (Lipinski definition) is 0. The summed E-state index contributed by atoms with van der Waals surface area (Å²) in [6, 6.07) is 7.62. The molecule has 1 saturated heterocycles. The van der Waals surface area contributed by atoms with E-state index < -0.39 is 0 Å². The molecule has 0 spiro atoms. The van der Waals surface area contributed by atoms with Gasteiger partial charge in [0.25, 0.3) is 5.91 Å². The molecule has 9 heteroatoms. The highest BCUT2D eigenvalue weighted by Crippen LogP contribution is 2.17. The number of hydrogen-bond acceptors (Lipinski definition) is 6. The molecule has 0 aliphatic carbocycles. The van der Waals surface area contributed by atoms with Gasteiger partial charge in [-0.2, -0.15) is 5.10 Å². The number of aromatic nitrogens is 4.